The average molecular weight is 392 g/mol. The molecule has 1 N–H and O–H groups in total. The molecule has 2 aromatic rings. The number of hydrogen-bond donors (Lipinski definition) is 1. The molecule has 0 atom stereocenters. The summed E-state index contributed by atoms with van der Waals surface area (Å²) in [6, 6.07) is 12.8. The molecule has 3 heterocycles. The quantitative estimate of drug-likeness (QED) is 0.769. The van der Waals surface area contributed by atoms with Crippen molar-refractivity contribution in [3.8, 4) is 5.75 Å². The summed E-state index contributed by atoms with van der Waals surface area (Å²) in [4.78, 5) is 16.9. The molecular weight excluding hydrogens is 362 g/mol. The number of fused-ring (bicyclic) bond motifs is 2. The first-order chi connectivity index (χ1) is 14.3. The second-order valence-electron chi connectivity index (χ2n) is 8.31. The van der Waals surface area contributed by atoms with E-state index in [0.717, 1.165) is 69.0 Å². The Morgan fingerprint density at radius 1 is 1.03 bits per heavy atom. The maximum absolute atomic E-state index is 11.8. The summed E-state index contributed by atoms with van der Waals surface area (Å²) in [5.74, 6) is 1.16. The fourth-order valence-electron chi connectivity index (χ4n) is 4.79. The van der Waals surface area contributed by atoms with E-state index in [-0.39, 0.29) is 5.91 Å². The molecule has 1 amide bonds. The number of benzene rings is 2. The zero-order valence-corrected chi connectivity index (χ0v) is 17.0. The number of aryl methyl sites for hydroxylation is 1. The Bertz CT molecular complexity index is 903. The minimum absolute atomic E-state index is 0.0790. The average Bonchev–Trinajstić information content (AvgIpc) is 3.38. The largest absolute Gasteiger partial charge is 0.493 e. The second-order valence-corrected chi connectivity index (χ2v) is 8.31. The SMILES string of the molecule is O=C1NCc2ccc(CCCCN3CCN(c4cccc5c4CCO5)CC3)cc21. The van der Waals surface area contributed by atoms with Crippen molar-refractivity contribution in [3.63, 3.8) is 0 Å². The fraction of sp³-hybridized carbons (Fsp3) is 0.458. The van der Waals surface area contributed by atoms with Gasteiger partial charge in [0.25, 0.3) is 5.91 Å². The lowest BCUT2D eigenvalue weighted by Gasteiger charge is -2.36. The van der Waals surface area contributed by atoms with Gasteiger partial charge in [-0.25, -0.2) is 0 Å². The highest BCUT2D eigenvalue weighted by molar-refractivity contribution is 5.98. The van der Waals surface area contributed by atoms with Crippen molar-refractivity contribution in [2.45, 2.75) is 32.2 Å². The molecule has 5 nitrogen and oxygen atoms in total. The monoisotopic (exact) mass is 391 g/mol. The van der Waals surface area contributed by atoms with Gasteiger partial charge in [0.2, 0.25) is 0 Å². The van der Waals surface area contributed by atoms with E-state index in [1.807, 2.05) is 0 Å². The summed E-state index contributed by atoms with van der Waals surface area (Å²) < 4.78 is 5.72. The van der Waals surface area contributed by atoms with Crippen LogP contribution in [0, 0.1) is 0 Å². The zero-order valence-electron chi connectivity index (χ0n) is 17.0. The summed E-state index contributed by atoms with van der Waals surface area (Å²) in [5, 5.41) is 2.89. The summed E-state index contributed by atoms with van der Waals surface area (Å²) in [5.41, 5.74) is 6.05. The smallest absolute Gasteiger partial charge is 0.251 e. The van der Waals surface area contributed by atoms with Crippen LogP contribution >= 0.6 is 0 Å². The van der Waals surface area contributed by atoms with Crippen LogP contribution in [-0.2, 0) is 19.4 Å². The topological polar surface area (TPSA) is 44.8 Å². The van der Waals surface area contributed by atoms with Crippen molar-refractivity contribution in [2.75, 3.05) is 44.2 Å². The molecule has 3 aliphatic rings. The van der Waals surface area contributed by atoms with Crippen molar-refractivity contribution in [3.05, 3.63) is 58.7 Å². The summed E-state index contributed by atoms with van der Waals surface area (Å²) in [6.45, 7) is 7.11. The summed E-state index contributed by atoms with van der Waals surface area (Å²) in [7, 11) is 0. The van der Waals surface area contributed by atoms with Crippen LogP contribution in [0.2, 0.25) is 0 Å². The van der Waals surface area contributed by atoms with Crippen molar-refractivity contribution >= 4 is 11.6 Å². The predicted octanol–water partition coefficient (Wildman–Crippen LogP) is 3.01. The Kier molecular flexibility index (Phi) is 5.15. The molecule has 2 aromatic carbocycles. The van der Waals surface area contributed by atoms with E-state index in [1.165, 1.54) is 29.7 Å². The van der Waals surface area contributed by atoms with Gasteiger partial charge in [0.05, 0.1) is 6.61 Å². The molecular formula is C24H29N3O2. The van der Waals surface area contributed by atoms with Gasteiger partial charge < -0.3 is 15.0 Å². The van der Waals surface area contributed by atoms with Crippen molar-refractivity contribution in [1.29, 1.82) is 0 Å². The minimum atomic E-state index is 0.0790. The van der Waals surface area contributed by atoms with Crippen molar-refractivity contribution in [1.82, 2.24) is 10.2 Å². The van der Waals surface area contributed by atoms with E-state index in [2.05, 4.69) is 51.5 Å². The van der Waals surface area contributed by atoms with Gasteiger partial charge in [-0.2, -0.15) is 0 Å². The maximum atomic E-state index is 11.8. The molecule has 0 bridgehead atoms. The predicted molar refractivity (Wildman–Crippen MR) is 115 cm³/mol. The molecule has 29 heavy (non-hydrogen) atoms. The molecule has 0 radical (unpaired) electrons. The highest BCUT2D eigenvalue weighted by Gasteiger charge is 2.23. The molecule has 152 valence electrons. The van der Waals surface area contributed by atoms with Crippen LogP contribution in [0.4, 0.5) is 5.69 Å². The number of nitrogens with zero attached hydrogens (tertiary/aromatic N) is 2. The molecule has 0 aromatic heterocycles. The third kappa shape index (κ3) is 3.84. The van der Waals surface area contributed by atoms with E-state index < -0.39 is 0 Å². The van der Waals surface area contributed by atoms with Gasteiger partial charge in [-0.05, 0) is 55.1 Å². The zero-order chi connectivity index (χ0) is 19.6. The molecule has 0 spiro atoms. The number of piperazine rings is 1. The van der Waals surface area contributed by atoms with Gasteiger partial charge in [0.1, 0.15) is 5.75 Å². The number of hydrogen-bond acceptors (Lipinski definition) is 4. The molecule has 5 heteroatoms. The van der Waals surface area contributed by atoms with Crippen LogP contribution in [0.5, 0.6) is 5.75 Å². The van der Waals surface area contributed by atoms with Crippen LogP contribution in [0.25, 0.3) is 0 Å². The van der Waals surface area contributed by atoms with E-state index in [1.54, 1.807) is 0 Å². The highest BCUT2D eigenvalue weighted by atomic mass is 16.5. The first-order valence-corrected chi connectivity index (χ1v) is 10.9. The van der Waals surface area contributed by atoms with Crippen LogP contribution in [0.1, 0.15) is 39.9 Å². The van der Waals surface area contributed by atoms with Gasteiger partial charge in [0.15, 0.2) is 0 Å². The Morgan fingerprint density at radius 2 is 1.93 bits per heavy atom. The van der Waals surface area contributed by atoms with Crippen LogP contribution in [-0.4, -0.2) is 50.1 Å². The number of rotatable bonds is 6. The third-order valence-corrected chi connectivity index (χ3v) is 6.48. The number of nitrogens with one attached hydrogen (secondary N) is 1. The molecule has 3 aliphatic heterocycles. The number of ether oxygens (including phenoxy) is 1. The van der Waals surface area contributed by atoms with E-state index in [9.17, 15) is 4.79 Å². The Labute approximate surface area is 172 Å². The molecule has 1 saturated heterocycles. The van der Waals surface area contributed by atoms with Crippen LogP contribution in [0.3, 0.4) is 0 Å². The van der Waals surface area contributed by atoms with E-state index >= 15 is 0 Å². The van der Waals surface area contributed by atoms with Gasteiger partial charge in [0, 0.05) is 56.0 Å². The molecule has 0 aliphatic carbocycles. The third-order valence-electron chi connectivity index (χ3n) is 6.48. The minimum Gasteiger partial charge on any atom is -0.493 e. The Hall–Kier alpha value is -2.53. The number of anilines is 1. The number of carbonyl (C=O) groups excluding carboxylic acids is 1. The lowest BCUT2D eigenvalue weighted by Crippen LogP contribution is -2.46. The van der Waals surface area contributed by atoms with Gasteiger partial charge in [-0.15, -0.1) is 0 Å². The second kappa shape index (κ2) is 8.07. The van der Waals surface area contributed by atoms with E-state index in [4.69, 9.17) is 4.74 Å². The van der Waals surface area contributed by atoms with E-state index in [0.29, 0.717) is 6.54 Å². The first-order valence-electron chi connectivity index (χ1n) is 10.9. The van der Waals surface area contributed by atoms with Gasteiger partial charge in [-0.3, -0.25) is 9.69 Å². The molecule has 5 rings (SSSR count). The highest BCUT2D eigenvalue weighted by Crippen LogP contribution is 2.34. The molecule has 0 saturated carbocycles. The van der Waals surface area contributed by atoms with Crippen molar-refractivity contribution < 1.29 is 9.53 Å². The molecule has 0 unspecified atom stereocenters. The summed E-state index contributed by atoms with van der Waals surface area (Å²) >= 11 is 0. The lowest BCUT2D eigenvalue weighted by molar-refractivity contribution is 0.0965. The molecule has 1 fully saturated rings. The summed E-state index contributed by atoms with van der Waals surface area (Å²) in [6.07, 6.45) is 4.47. The maximum Gasteiger partial charge on any atom is 0.251 e. The number of carbonyl (C=O) groups is 1. The lowest BCUT2D eigenvalue weighted by atomic mass is 10.0. The van der Waals surface area contributed by atoms with Gasteiger partial charge >= 0.3 is 0 Å². The fourth-order valence-corrected chi connectivity index (χ4v) is 4.79. The van der Waals surface area contributed by atoms with Crippen molar-refractivity contribution in [2.24, 2.45) is 0 Å². The van der Waals surface area contributed by atoms with Crippen LogP contribution < -0.4 is 15.0 Å². The van der Waals surface area contributed by atoms with Gasteiger partial charge in [-0.1, -0.05) is 18.2 Å². The normalized spacial score (nSPS) is 18.3. The Morgan fingerprint density at radius 3 is 2.83 bits per heavy atom. The number of amides is 1. The Balaban J connectivity index is 1.07. The number of unbranched alkanes of at least 4 members (excludes halogenated alkanes) is 1. The first kappa shape index (κ1) is 18.5. The standard InChI is InChI=1S/C24H29N3O2/c28-24-21-16-18(7-8-19(21)17-25-24)4-1-2-10-26-11-13-27(14-12-26)22-5-3-6-23-20(22)9-15-29-23/h3,5-8,16H,1-2,4,9-15,17H2,(H,25,28). The van der Waals surface area contributed by atoms with Crippen LogP contribution in [0.15, 0.2) is 36.4 Å².